The SMILES string of the molecule is CCCCCS(=O)(=O)CC(=O)Nc1ccc(OCC)c(S(=O)(=O)N2CCCCC2)c1. The van der Waals surface area contributed by atoms with Crippen LogP contribution in [0.4, 0.5) is 5.69 Å². The van der Waals surface area contributed by atoms with Crippen LogP contribution < -0.4 is 10.1 Å². The average molecular weight is 461 g/mol. The van der Waals surface area contributed by atoms with Crippen molar-refractivity contribution in [3.8, 4) is 5.75 Å². The molecule has 1 amide bonds. The summed E-state index contributed by atoms with van der Waals surface area (Å²) in [7, 11) is -7.29. The molecule has 1 aromatic rings. The number of amides is 1. The summed E-state index contributed by atoms with van der Waals surface area (Å²) >= 11 is 0. The van der Waals surface area contributed by atoms with Gasteiger partial charge in [0, 0.05) is 18.8 Å². The number of carbonyl (C=O) groups is 1. The fourth-order valence-electron chi connectivity index (χ4n) is 3.35. The van der Waals surface area contributed by atoms with Gasteiger partial charge in [0.25, 0.3) is 0 Å². The van der Waals surface area contributed by atoms with E-state index in [2.05, 4.69) is 5.32 Å². The number of ether oxygens (including phenoxy) is 1. The minimum absolute atomic E-state index is 0.0187. The van der Waals surface area contributed by atoms with Gasteiger partial charge in [-0.3, -0.25) is 4.79 Å². The lowest BCUT2D eigenvalue weighted by Crippen LogP contribution is -2.35. The molecule has 0 aliphatic carbocycles. The summed E-state index contributed by atoms with van der Waals surface area (Å²) in [5.74, 6) is -1.13. The number of carbonyl (C=O) groups excluding carboxylic acids is 1. The minimum atomic E-state index is -3.78. The third-order valence-electron chi connectivity index (χ3n) is 4.87. The van der Waals surface area contributed by atoms with E-state index >= 15 is 0 Å². The third-order valence-corrected chi connectivity index (χ3v) is 8.40. The Hall–Kier alpha value is -1.65. The van der Waals surface area contributed by atoms with Crippen molar-refractivity contribution in [3.63, 3.8) is 0 Å². The number of piperidine rings is 1. The van der Waals surface area contributed by atoms with Crippen molar-refractivity contribution in [2.24, 2.45) is 0 Å². The molecule has 0 aromatic heterocycles. The van der Waals surface area contributed by atoms with E-state index in [-0.39, 0.29) is 22.1 Å². The number of anilines is 1. The minimum Gasteiger partial charge on any atom is -0.492 e. The summed E-state index contributed by atoms with van der Waals surface area (Å²) in [6.07, 6.45) is 4.80. The van der Waals surface area contributed by atoms with Crippen molar-refractivity contribution in [1.82, 2.24) is 4.31 Å². The molecule has 8 nitrogen and oxygen atoms in total. The van der Waals surface area contributed by atoms with Gasteiger partial charge in [-0.05, 0) is 44.4 Å². The number of nitrogens with zero attached hydrogens (tertiary/aromatic N) is 1. The Bertz CT molecular complexity index is 923. The molecule has 1 aliphatic heterocycles. The molecule has 1 heterocycles. The molecule has 30 heavy (non-hydrogen) atoms. The van der Waals surface area contributed by atoms with Gasteiger partial charge in [-0.15, -0.1) is 0 Å². The summed E-state index contributed by atoms with van der Waals surface area (Å²) in [5, 5.41) is 2.52. The van der Waals surface area contributed by atoms with Crippen LogP contribution in [0.15, 0.2) is 23.1 Å². The van der Waals surface area contributed by atoms with Crippen LogP contribution in [0.2, 0.25) is 0 Å². The van der Waals surface area contributed by atoms with Crippen LogP contribution >= 0.6 is 0 Å². The monoisotopic (exact) mass is 460 g/mol. The highest BCUT2D eigenvalue weighted by Crippen LogP contribution is 2.31. The fourth-order valence-corrected chi connectivity index (χ4v) is 6.28. The average Bonchev–Trinajstić information content (AvgIpc) is 2.69. The third kappa shape index (κ3) is 6.95. The maximum absolute atomic E-state index is 13.1. The van der Waals surface area contributed by atoms with E-state index in [9.17, 15) is 21.6 Å². The van der Waals surface area contributed by atoms with Crippen LogP contribution in [-0.2, 0) is 24.7 Å². The molecule has 0 radical (unpaired) electrons. The standard InChI is InChI=1S/C20H32N2O6S2/c1-3-5-9-14-29(24,25)16-20(23)21-17-10-11-18(28-4-2)19(15-17)30(26,27)22-12-7-6-8-13-22/h10-11,15H,3-9,12-14,16H2,1-2H3,(H,21,23). The Labute approximate surface area is 180 Å². The molecule has 0 atom stereocenters. The molecule has 1 saturated heterocycles. The largest absolute Gasteiger partial charge is 0.492 e. The summed E-state index contributed by atoms with van der Waals surface area (Å²) < 4.78 is 57.4. The molecule has 1 aliphatic rings. The van der Waals surface area contributed by atoms with Crippen molar-refractivity contribution < 1.29 is 26.4 Å². The number of sulfonamides is 1. The van der Waals surface area contributed by atoms with Crippen LogP contribution in [0.1, 0.15) is 52.4 Å². The zero-order chi connectivity index (χ0) is 22.2. The molecular weight excluding hydrogens is 428 g/mol. The van der Waals surface area contributed by atoms with Gasteiger partial charge >= 0.3 is 0 Å². The van der Waals surface area contributed by atoms with Crippen LogP contribution in [0.25, 0.3) is 0 Å². The van der Waals surface area contributed by atoms with Gasteiger partial charge in [0.05, 0.1) is 12.4 Å². The normalized spacial score (nSPS) is 15.7. The molecule has 1 N–H and O–H groups in total. The highest BCUT2D eigenvalue weighted by atomic mass is 32.2. The Morgan fingerprint density at radius 1 is 1.07 bits per heavy atom. The fraction of sp³-hybridized carbons (Fsp3) is 0.650. The maximum atomic E-state index is 13.1. The molecule has 1 aromatic carbocycles. The maximum Gasteiger partial charge on any atom is 0.246 e. The molecule has 10 heteroatoms. The lowest BCUT2D eigenvalue weighted by molar-refractivity contribution is -0.113. The molecule has 170 valence electrons. The van der Waals surface area contributed by atoms with Crippen molar-refractivity contribution in [2.45, 2.75) is 57.3 Å². The van der Waals surface area contributed by atoms with Crippen molar-refractivity contribution >= 4 is 31.5 Å². The second-order valence-corrected chi connectivity index (χ2v) is 11.5. The Morgan fingerprint density at radius 2 is 1.77 bits per heavy atom. The predicted octanol–water partition coefficient (Wildman–Crippen LogP) is 2.80. The van der Waals surface area contributed by atoms with Gasteiger partial charge in [-0.25, -0.2) is 16.8 Å². The number of rotatable bonds is 11. The molecule has 0 saturated carbocycles. The quantitative estimate of drug-likeness (QED) is 0.509. The van der Waals surface area contributed by atoms with Crippen LogP contribution in [-0.4, -0.2) is 58.3 Å². The van der Waals surface area contributed by atoms with E-state index in [1.165, 1.54) is 22.5 Å². The smallest absolute Gasteiger partial charge is 0.246 e. The molecule has 0 bridgehead atoms. The molecular formula is C20H32N2O6S2. The van der Waals surface area contributed by atoms with E-state index in [1.54, 1.807) is 6.92 Å². The van der Waals surface area contributed by atoms with E-state index < -0.39 is 31.5 Å². The highest BCUT2D eigenvalue weighted by Gasteiger charge is 2.29. The first-order chi connectivity index (χ1) is 14.2. The Morgan fingerprint density at radius 3 is 2.40 bits per heavy atom. The van der Waals surface area contributed by atoms with Gasteiger partial charge < -0.3 is 10.1 Å². The van der Waals surface area contributed by atoms with E-state index in [4.69, 9.17) is 4.74 Å². The van der Waals surface area contributed by atoms with Crippen LogP contribution in [0.3, 0.4) is 0 Å². The first-order valence-electron chi connectivity index (χ1n) is 10.5. The van der Waals surface area contributed by atoms with Gasteiger partial charge in [0.1, 0.15) is 16.4 Å². The second kappa shape index (κ2) is 11.1. The number of hydrogen-bond donors (Lipinski definition) is 1. The number of benzene rings is 1. The predicted molar refractivity (Wildman–Crippen MR) is 117 cm³/mol. The van der Waals surface area contributed by atoms with Gasteiger partial charge in [-0.1, -0.05) is 26.2 Å². The first kappa shape index (κ1) is 24.6. The zero-order valence-electron chi connectivity index (χ0n) is 17.7. The number of hydrogen-bond acceptors (Lipinski definition) is 6. The number of sulfone groups is 1. The summed E-state index contributed by atoms with van der Waals surface area (Å²) in [5.41, 5.74) is 0.225. The highest BCUT2D eigenvalue weighted by molar-refractivity contribution is 7.92. The summed E-state index contributed by atoms with van der Waals surface area (Å²) in [6, 6.07) is 4.35. The second-order valence-electron chi connectivity index (χ2n) is 7.41. The molecule has 0 unspecified atom stereocenters. The van der Waals surface area contributed by atoms with E-state index in [1.807, 2.05) is 6.92 Å². The van der Waals surface area contributed by atoms with E-state index in [0.717, 1.165) is 32.1 Å². The van der Waals surface area contributed by atoms with Crippen molar-refractivity contribution in [2.75, 3.05) is 36.5 Å². The summed E-state index contributed by atoms with van der Waals surface area (Å²) in [4.78, 5) is 12.2. The summed E-state index contributed by atoms with van der Waals surface area (Å²) in [6.45, 7) is 4.92. The Balaban J connectivity index is 2.20. The first-order valence-corrected chi connectivity index (χ1v) is 13.7. The Kier molecular flexibility index (Phi) is 9.11. The van der Waals surface area contributed by atoms with Crippen molar-refractivity contribution in [3.05, 3.63) is 18.2 Å². The van der Waals surface area contributed by atoms with Crippen LogP contribution in [0, 0.1) is 0 Å². The lowest BCUT2D eigenvalue weighted by atomic mass is 10.2. The van der Waals surface area contributed by atoms with Gasteiger partial charge in [0.2, 0.25) is 15.9 Å². The number of nitrogens with one attached hydrogen (secondary N) is 1. The lowest BCUT2D eigenvalue weighted by Gasteiger charge is -2.27. The van der Waals surface area contributed by atoms with E-state index in [0.29, 0.717) is 26.1 Å². The number of unbranched alkanes of at least 4 members (excludes halogenated alkanes) is 2. The van der Waals surface area contributed by atoms with Gasteiger partial charge in [-0.2, -0.15) is 4.31 Å². The topological polar surface area (TPSA) is 110 Å². The van der Waals surface area contributed by atoms with Crippen LogP contribution in [0.5, 0.6) is 5.75 Å². The zero-order valence-corrected chi connectivity index (χ0v) is 19.4. The molecule has 2 rings (SSSR count). The molecule has 0 spiro atoms. The van der Waals surface area contributed by atoms with Crippen molar-refractivity contribution in [1.29, 1.82) is 0 Å². The van der Waals surface area contributed by atoms with Gasteiger partial charge in [0.15, 0.2) is 9.84 Å². The molecule has 1 fully saturated rings.